The lowest BCUT2D eigenvalue weighted by Crippen LogP contribution is -2.20. The van der Waals surface area contributed by atoms with Crippen LogP contribution in [-0.4, -0.2) is 22.0 Å². The summed E-state index contributed by atoms with van der Waals surface area (Å²) in [6.45, 7) is 4.11. The summed E-state index contributed by atoms with van der Waals surface area (Å²) in [5.74, 6) is 1.58. The van der Waals surface area contributed by atoms with Gasteiger partial charge in [0.15, 0.2) is 5.76 Å². The lowest BCUT2D eigenvalue weighted by atomic mass is 10.2. The van der Waals surface area contributed by atoms with Crippen molar-refractivity contribution in [3.8, 4) is 17.3 Å². The third-order valence-electron chi connectivity index (χ3n) is 5.49. The van der Waals surface area contributed by atoms with E-state index in [1.165, 1.54) is 4.68 Å². The van der Waals surface area contributed by atoms with Gasteiger partial charge in [0.25, 0.3) is 5.56 Å². The molecular weight excluding hydrogens is 414 g/mol. The van der Waals surface area contributed by atoms with Gasteiger partial charge < -0.3 is 9.15 Å². The van der Waals surface area contributed by atoms with Crippen molar-refractivity contribution >= 4 is 28.1 Å². The number of benzene rings is 3. The van der Waals surface area contributed by atoms with E-state index in [-0.39, 0.29) is 11.7 Å². The first-order valence-electron chi connectivity index (χ1n) is 10.9. The van der Waals surface area contributed by atoms with Crippen LogP contribution in [0.4, 0.5) is 0 Å². The highest BCUT2D eigenvalue weighted by Gasteiger charge is 2.16. The highest BCUT2D eigenvalue weighted by molar-refractivity contribution is 5.84. The number of aromatic nitrogens is 2. The van der Waals surface area contributed by atoms with Gasteiger partial charge in [-0.25, -0.2) is 4.98 Å². The summed E-state index contributed by atoms with van der Waals surface area (Å²) in [5, 5.41) is 5.93. The van der Waals surface area contributed by atoms with Crippen molar-refractivity contribution in [2.24, 2.45) is 5.10 Å². The zero-order chi connectivity index (χ0) is 22.8. The Kier molecular flexibility index (Phi) is 5.48. The maximum Gasteiger partial charge on any atom is 0.282 e. The van der Waals surface area contributed by atoms with Gasteiger partial charge in [-0.1, -0.05) is 49.4 Å². The van der Waals surface area contributed by atoms with Gasteiger partial charge in [0.1, 0.15) is 11.3 Å². The summed E-state index contributed by atoms with van der Waals surface area (Å²) in [7, 11) is 0. The van der Waals surface area contributed by atoms with Crippen molar-refractivity contribution in [1.82, 2.24) is 9.66 Å². The second-order valence-corrected chi connectivity index (χ2v) is 7.87. The van der Waals surface area contributed by atoms with Gasteiger partial charge in [-0.05, 0) is 55.3 Å². The molecule has 5 rings (SSSR count). The Morgan fingerprint density at radius 2 is 1.88 bits per heavy atom. The predicted molar refractivity (Wildman–Crippen MR) is 131 cm³/mol. The highest BCUT2D eigenvalue weighted by Crippen LogP contribution is 2.27. The number of hydrogen-bond acceptors (Lipinski definition) is 5. The summed E-state index contributed by atoms with van der Waals surface area (Å²) in [5.41, 5.74) is 1.86. The molecule has 2 heterocycles. The van der Waals surface area contributed by atoms with Crippen LogP contribution in [0.3, 0.4) is 0 Å². The van der Waals surface area contributed by atoms with E-state index >= 15 is 0 Å². The van der Waals surface area contributed by atoms with E-state index in [2.05, 4.69) is 12.0 Å². The number of fused-ring (bicyclic) bond motifs is 2. The summed E-state index contributed by atoms with van der Waals surface area (Å²) in [6.07, 6.45) is 2.66. The lowest BCUT2D eigenvalue weighted by Gasteiger charge is -2.12. The molecule has 0 bridgehead atoms. The molecule has 0 aliphatic heterocycles. The molecule has 33 heavy (non-hydrogen) atoms. The predicted octanol–water partition coefficient (Wildman–Crippen LogP) is 5.87. The van der Waals surface area contributed by atoms with Gasteiger partial charge >= 0.3 is 0 Å². The molecule has 5 aromatic rings. The van der Waals surface area contributed by atoms with Crippen LogP contribution in [0.25, 0.3) is 33.5 Å². The first-order valence-corrected chi connectivity index (χ1v) is 10.9. The fourth-order valence-electron chi connectivity index (χ4n) is 3.59. The number of furan rings is 1. The Hall–Kier alpha value is -4.19. The third-order valence-corrected chi connectivity index (χ3v) is 5.49. The van der Waals surface area contributed by atoms with Crippen molar-refractivity contribution in [3.63, 3.8) is 0 Å². The topological polar surface area (TPSA) is 69.6 Å². The van der Waals surface area contributed by atoms with E-state index < -0.39 is 0 Å². The van der Waals surface area contributed by atoms with Gasteiger partial charge in [-0.15, -0.1) is 0 Å². The fourth-order valence-corrected chi connectivity index (χ4v) is 3.59. The molecule has 1 atom stereocenters. The third kappa shape index (κ3) is 4.15. The van der Waals surface area contributed by atoms with Crippen molar-refractivity contribution in [3.05, 3.63) is 94.8 Å². The summed E-state index contributed by atoms with van der Waals surface area (Å²) < 4.78 is 13.2. The van der Waals surface area contributed by atoms with Crippen LogP contribution >= 0.6 is 0 Å². The van der Waals surface area contributed by atoms with Crippen molar-refractivity contribution in [1.29, 1.82) is 0 Å². The molecule has 0 radical (unpaired) electrons. The zero-order valence-corrected chi connectivity index (χ0v) is 18.4. The molecule has 0 saturated heterocycles. The average molecular weight is 437 g/mol. The van der Waals surface area contributed by atoms with Crippen LogP contribution in [0, 0.1) is 0 Å². The van der Waals surface area contributed by atoms with E-state index in [1.807, 2.05) is 79.7 Å². The van der Waals surface area contributed by atoms with Crippen molar-refractivity contribution in [2.75, 3.05) is 0 Å². The maximum absolute atomic E-state index is 13.4. The van der Waals surface area contributed by atoms with Crippen LogP contribution in [0.2, 0.25) is 0 Å². The average Bonchev–Trinajstić information content (AvgIpc) is 3.28. The van der Waals surface area contributed by atoms with E-state index in [9.17, 15) is 4.79 Å². The normalized spacial score (nSPS) is 12.5. The second-order valence-electron chi connectivity index (χ2n) is 7.87. The SMILES string of the molecule is CC[C@H](C)Oc1cccc(C=Nn2c(-c3cc4ccccc4o3)nc3ccccc3c2=O)c1. The largest absolute Gasteiger partial charge is 0.491 e. The Bertz CT molecular complexity index is 1500. The smallest absolute Gasteiger partial charge is 0.282 e. The van der Waals surface area contributed by atoms with Crippen LogP contribution in [0.15, 0.2) is 93.2 Å². The first-order chi connectivity index (χ1) is 16.1. The Morgan fingerprint density at radius 1 is 1.06 bits per heavy atom. The molecule has 2 aromatic heterocycles. The van der Waals surface area contributed by atoms with Crippen LogP contribution in [0.1, 0.15) is 25.8 Å². The highest BCUT2D eigenvalue weighted by atomic mass is 16.5. The van der Waals surface area contributed by atoms with Gasteiger partial charge in [0, 0.05) is 5.39 Å². The zero-order valence-electron chi connectivity index (χ0n) is 18.4. The number of nitrogens with zero attached hydrogens (tertiary/aromatic N) is 3. The van der Waals surface area contributed by atoms with Crippen LogP contribution in [0.5, 0.6) is 5.75 Å². The molecule has 3 aromatic carbocycles. The number of rotatable bonds is 6. The van der Waals surface area contributed by atoms with Gasteiger partial charge in [0.05, 0.1) is 23.2 Å². The molecule has 0 aliphatic carbocycles. The minimum absolute atomic E-state index is 0.115. The molecule has 0 spiro atoms. The molecule has 6 heteroatoms. The molecule has 0 saturated carbocycles. The van der Waals surface area contributed by atoms with Crippen LogP contribution < -0.4 is 10.3 Å². The quantitative estimate of drug-likeness (QED) is 0.312. The molecule has 0 aliphatic rings. The molecule has 6 nitrogen and oxygen atoms in total. The number of ether oxygens (including phenoxy) is 1. The second kappa shape index (κ2) is 8.74. The van der Waals surface area contributed by atoms with Gasteiger partial charge in [0.2, 0.25) is 5.82 Å². The molecule has 0 fully saturated rings. The van der Waals surface area contributed by atoms with Gasteiger partial charge in [-0.3, -0.25) is 4.79 Å². The Morgan fingerprint density at radius 3 is 2.73 bits per heavy atom. The monoisotopic (exact) mass is 437 g/mol. The van der Waals surface area contributed by atoms with Crippen molar-refractivity contribution < 1.29 is 9.15 Å². The summed E-state index contributed by atoms with van der Waals surface area (Å²) in [6, 6.07) is 24.4. The molecule has 164 valence electrons. The van der Waals surface area contributed by atoms with E-state index in [1.54, 1.807) is 12.3 Å². The summed E-state index contributed by atoms with van der Waals surface area (Å²) >= 11 is 0. The lowest BCUT2D eigenvalue weighted by molar-refractivity contribution is 0.217. The van der Waals surface area contributed by atoms with Crippen LogP contribution in [-0.2, 0) is 0 Å². The van der Waals surface area contributed by atoms with Gasteiger partial charge in [-0.2, -0.15) is 9.78 Å². The molecule has 0 unspecified atom stereocenters. The van der Waals surface area contributed by atoms with E-state index in [0.717, 1.165) is 28.7 Å². The maximum atomic E-state index is 13.4. The first kappa shape index (κ1) is 20.7. The summed E-state index contributed by atoms with van der Waals surface area (Å²) in [4.78, 5) is 18.1. The number of hydrogen-bond donors (Lipinski definition) is 0. The number of para-hydroxylation sites is 2. The molecular formula is C27H23N3O3. The fraction of sp³-hybridized carbons (Fsp3) is 0.148. The Balaban J connectivity index is 1.63. The molecule has 0 amide bonds. The molecule has 0 N–H and O–H groups in total. The van der Waals surface area contributed by atoms with Crippen molar-refractivity contribution in [2.45, 2.75) is 26.4 Å². The standard InChI is InChI=1S/C27H23N3O3/c1-3-18(2)32-21-11-8-9-19(15-21)17-28-30-26(25-16-20-10-4-7-14-24(20)33-25)29-23-13-6-5-12-22(23)27(30)31/h4-18H,3H2,1-2H3/t18-/m0/s1. The van der Waals surface area contributed by atoms with E-state index in [0.29, 0.717) is 22.5 Å². The minimum atomic E-state index is -0.265. The minimum Gasteiger partial charge on any atom is -0.491 e. The van der Waals surface area contributed by atoms with E-state index in [4.69, 9.17) is 14.1 Å². The Labute approximate surface area is 190 Å².